The van der Waals surface area contributed by atoms with Crippen molar-refractivity contribution < 1.29 is 13.2 Å². The molecular formula is C9H12ClNO3S. The van der Waals surface area contributed by atoms with Gasteiger partial charge in [-0.1, -0.05) is 11.6 Å². The van der Waals surface area contributed by atoms with Gasteiger partial charge in [0.05, 0.1) is 7.11 Å². The predicted octanol–water partition coefficient (Wildman–Crippen LogP) is 1.30. The van der Waals surface area contributed by atoms with Crippen molar-refractivity contribution in [3.8, 4) is 5.75 Å². The average molecular weight is 250 g/mol. The van der Waals surface area contributed by atoms with Crippen molar-refractivity contribution in [2.24, 2.45) is 0 Å². The molecule has 0 saturated heterocycles. The monoisotopic (exact) mass is 249 g/mol. The van der Waals surface area contributed by atoms with Crippen molar-refractivity contribution in [2.45, 2.75) is 4.90 Å². The smallest absolute Gasteiger partial charge is 0.194 e. The van der Waals surface area contributed by atoms with Crippen molar-refractivity contribution in [2.75, 3.05) is 20.0 Å². The van der Waals surface area contributed by atoms with Gasteiger partial charge in [-0.2, -0.15) is 0 Å². The van der Waals surface area contributed by atoms with Gasteiger partial charge in [0, 0.05) is 5.02 Å². The molecule has 0 bridgehead atoms. The number of nitrogens with one attached hydrogen (secondary N) is 1. The first-order valence-electron chi connectivity index (χ1n) is 4.22. The molecule has 1 rings (SSSR count). The molecule has 4 nitrogen and oxygen atoms in total. The Morgan fingerprint density at radius 2 is 2.13 bits per heavy atom. The number of hydrogen-bond acceptors (Lipinski definition) is 4. The Bertz CT molecular complexity index is 445. The molecule has 0 atom stereocenters. The number of rotatable bonds is 4. The van der Waals surface area contributed by atoms with Gasteiger partial charge in [0.2, 0.25) is 0 Å². The second kappa shape index (κ2) is 4.83. The van der Waals surface area contributed by atoms with Crippen LogP contribution in [0.25, 0.3) is 0 Å². The van der Waals surface area contributed by atoms with E-state index in [4.69, 9.17) is 16.3 Å². The number of sulfone groups is 1. The van der Waals surface area contributed by atoms with E-state index >= 15 is 0 Å². The average Bonchev–Trinajstić information content (AvgIpc) is 2.17. The fraction of sp³-hybridized carbons (Fsp3) is 0.333. The summed E-state index contributed by atoms with van der Waals surface area (Å²) in [6, 6.07) is 4.50. The number of methoxy groups -OCH3 is 1. The lowest BCUT2D eigenvalue weighted by molar-refractivity contribution is 0.402. The lowest BCUT2D eigenvalue weighted by Crippen LogP contribution is -2.19. The molecule has 1 aromatic rings. The summed E-state index contributed by atoms with van der Waals surface area (Å²) in [6.07, 6.45) is 0. The summed E-state index contributed by atoms with van der Waals surface area (Å²) in [4.78, 5) is 0.104. The first-order valence-corrected chi connectivity index (χ1v) is 6.25. The van der Waals surface area contributed by atoms with Crippen LogP contribution in [-0.2, 0) is 9.84 Å². The van der Waals surface area contributed by atoms with Gasteiger partial charge in [0.25, 0.3) is 0 Å². The molecule has 1 aromatic carbocycles. The third-order valence-corrected chi connectivity index (χ3v) is 3.69. The number of hydrogen-bond donors (Lipinski definition) is 1. The van der Waals surface area contributed by atoms with E-state index in [1.54, 1.807) is 13.1 Å². The summed E-state index contributed by atoms with van der Waals surface area (Å²) in [5.74, 6) is 0.151. The Kier molecular flexibility index (Phi) is 3.96. The second-order valence-electron chi connectivity index (χ2n) is 2.91. The zero-order valence-corrected chi connectivity index (χ0v) is 10.0. The minimum absolute atomic E-state index is 0.104. The second-order valence-corrected chi connectivity index (χ2v) is 5.30. The largest absolute Gasteiger partial charge is 0.495 e. The highest BCUT2D eigenvalue weighted by molar-refractivity contribution is 7.91. The number of benzene rings is 1. The van der Waals surface area contributed by atoms with Crippen molar-refractivity contribution >= 4 is 21.4 Å². The predicted molar refractivity (Wildman–Crippen MR) is 59.1 cm³/mol. The maximum atomic E-state index is 11.8. The van der Waals surface area contributed by atoms with Gasteiger partial charge >= 0.3 is 0 Å². The molecule has 0 aliphatic rings. The summed E-state index contributed by atoms with van der Waals surface area (Å²) in [6.45, 7) is 0. The van der Waals surface area contributed by atoms with E-state index in [0.717, 1.165) is 0 Å². The highest BCUT2D eigenvalue weighted by atomic mass is 35.5. The van der Waals surface area contributed by atoms with Crippen LogP contribution in [0, 0.1) is 0 Å². The molecule has 0 aliphatic carbocycles. The topological polar surface area (TPSA) is 55.4 Å². The molecule has 6 heteroatoms. The molecule has 0 radical (unpaired) electrons. The lowest BCUT2D eigenvalue weighted by atomic mass is 10.3. The molecule has 84 valence electrons. The van der Waals surface area contributed by atoms with Crippen LogP contribution in [0.3, 0.4) is 0 Å². The fourth-order valence-corrected chi connectivity index (χ4v) is 2.70. The van der Waals surface area contributed by atoms with Crippen molar-refractivity contribution in [1.29, 1.82) is 0 Å². The number of halogens is 1. The first-order chi connectivity index (χ1) is 7.01. The minimum atomic E-state index is -3.40. The molecule has 0 saturated carbocycles. The zero-order chi connectivity index (χ0) is 11.5. The van der Waals surface area contributed by atoms with E-state index in [1.165, 1.54) is 19.2 Å². The van der Waals surface area contributed by atoms with E-state index in [2.05, 4.69) is 5.32 Å². The van der Waals surface area contributed by atoms with Crippen LogP contribution in [0.5, 0.6) is 5.75 Å². The van der Waals surface area contributed by atoms with Crippen LogP contribution in [0.2, 0.25) is 5.02 Å². The summed E-state index contributed by atoms with van der Waals surface area (Å²) in [5.41, 5.74) is 0. The van der Waals surface area contributed by atoms with Crippen LogP contribution in [0.15, 0.2) is 23.1 Å². The van der Waals surface area contributed by atoms with E-state index in [9.17, 15) is 8.42 Å². The molecule has 0 unspecified atom stereocenters. The van der Waals surface area contributed by atoms with Crippen LogP contribution in [-0.4, -0.2) is 28.5 Å². The maximum Gasteiger partial charge on any atom is 0.194 e. The molecule has 0 aromatic heterocycles. The van der Waals surface area contributed by atoms with Crippen molar-refractivity contribution in [3.63, 3.8) is 0 Å². The van der Waals surface area contributed by atoms with Crippen molar-refractivity contribution in [1.82, 2.24) is 5.32 Å². The Hall–Kier alpha value is -0.780. The van der Waals surface area contributed by atoms with E-state index in [-0.39, 0.29) is 10.8 Å². The maximum absolute atomic E-state index is 11.8. The standard InChI is InChI=1S/C9H12ClNO3S/c1-11-6-15(12,13)9-5-7(10)3-4-8(9)14-2/h3-5,11H,6H2,1-2H3. The third-order valence-electron chi connectivity index (χ3n) is 1.80. The molecular weight excluding hydrogens is 238 g/mol. The van der Waals surface area contributed by atoms with E-state index in [0.29, 0.717) is 10.8 Å². The Morgan fingerprint density at radius 1 is 1.47 bits per heavy atom. The van der Waals surface area contributed by atoms with Gasteiger partial charge in [-0.15, -0.1) is 0 Å². The molecule has 0 aliphatic heterocycles. The molecule has 0 amide bonds. The van der Waals surface area contributed by atoms with Gasteiger partial charge in [0.1, 0.15) is 16.5 Å². The first kappa shape index (κ1) is 12.3. The van der Waals surface area contributed by atoms with E-state index in [1.807, 2.05) is 0 Å². The molecule has 0 heterocycles. The zero-order valence-electron chi connectivity index (χ0n) is 8.45. The summed E-state index contributed by atoms with van der Waals surface area (Å²) < 4.78 is 28.5. The van der Waals surface area contributed by atoms with Gasteiger partial charge in [-0.3, -0.25) is 0 Å². The summed E-state index contributed by atoms with van der Waals surface area (Å²) in [5, 5.41) is 2.96. The Labute approximate surface area is 94.1 Å². The molecule has 1 N–H and O–H groups in total. The quantitative estimate of drug-likeness (QED) is 0.874. The molecule has 0 fully saturated rings. The van der Waals surface area contributed by atoms with Gasteiger partial charge in [-0.05, 0) is 25.2 Å². The van der Waals surface area contributed by atoms with Gasteiger partial charge < -0.3 is 10.1 Å². The van der Waals surface area contributed by atoms with Crippen LogP contribution < -0.4 is 10.1 Å². The highest BCUT2D eigenvalue weighted by Gasteiger charge is 2.18. The highest BCUT2D eigenvalue weighted by Crippen LogP contribution is 2.27. The van der Waals surface area contributed by atoms with E-state index < -0.39 is 9.84 Å². The van der Waals surface area contributed by atoms with Gasteiger partial charge in [-0.25, -0.2) is 8.42 Å². The Balaban J connectivity index is 3.28. The normalized spacial score (nSPS) is 11.4. The number of ether oxygens (including phenoxy) is 1. The Morgan fingerprint density at radius 3 is 2.67 bits per heavy atom. The third kappa shape index (κ3) is 2.84. The van der Waals surface area contributed by atoms with Crippen LogP contribution in [0.4, 0.5) is 0 Å². The minimum Gasteiger partial charge on any atom is -0.495 e. The summed E-state index contributed by atoms with van der Waals surface area (Å²) in [7, 11) is -0.414. The van der Waals surface area contributed by atoms with Crippen LogP contribution in [0.1, 0.15) is 0 Å². The fourth-order valence-electron chi connectivity index (χ4n) is 1.16. The van der Waals surface area contributed by atoms with Gasteiger partial charge in [0.15, 0.2) is 9.84 Å². The summed E-state index contributed by atoms with van der Waals surface area (Å²) >= 11 is 5.74. The van der Waals surface area contributed by atoms with Crippen LogP contribution >= 0.6 is 11.6 Å². The molecule has 0 spiro atoms. The molecule has 15 heavy (non-hydrogen) atoms. The lowest BCUT2D eigenvalue weighted by Gasteiger charge is -2.09. The van der Waals surface area contributed by atoms with Crippen molar-refractivity contribution in [3.05, 3.63) is 23.2 Å². The SMILES string of the molecule is CNCS(=O)(=O)c1cc(Cl)ccc1OC.